The maximum absolute atomic E-state index is 9.27. The van der Waals surface area contributed by atoms with E-state index in [0.29, 0.717) is 0 Å². The van der Waals surface area contributed by atoms with Crippen molar-refractivity contribution in [1.82, 2.24) is 0 Å². The largest absolute Gasteiger partial charge is 0.389 e. The molecule has 9 heavy (non-hydrogen) atoms. The highest BCUT2D eigenvalue weighted by atomic mass is 16.3. The Labute approximate surface area is 56.4 Å². The maximum Gasteiger partial charge on any atom is 0.0756 e. The molecule has 0 bridgehead atoms. The van der Waals surface area contributed by atoms with Gasteiger partial charge in [-0.25, -0.2) is 0 Å². The summed E-state index contributed by atoms with van der Waals surface area (Å²) < 4.78 is 0. The van der Waals surface area contributed by atoms with Crippen LogP contribution >= 0.6 is 0 Å². The minimum atomic E-state index is -0.181. The molecule has 0 aromatic carbocycles. The molecule has 0 heterocycles. The molecule has 1 rings (SSSR count). The van der Waals surface area contributed by atoms with E-state index in [4.69, 9.17) is 0 Å². The Morgan fingerprint density at radius 3 is 2.22 bits per heavy atom. The average Bonchev–Trinajstić information content (AvgIpc) is 2.38. The van der Waals surface area contributed by atoms with Crippen molar-refractivity contribution < 1.29 is 5.11 Å². The minimum Gasteiger partial charge on any atom is -0.389 e. The third-order valence-electron chi connectivity index (χ3n) is 1.92. The van der Waals surface area contributed by atoms with Crippen LogP contribution in [0.1, 0.15) is 27.2 Å². The molecule has 1 aliphatic carbocycles. The summed E-state index contributed by atoms with van der Waals surface area (Å²) in [6.07, 6.45) is 2.79. The molecule has 0 fully saturated rings. The average molecular weight is 126 g/mol. The van der Waals surface area contributed by atoms with Crippen LogP contribution in [0, 0.1) is 5.41 Å². The third-order valence-corrected chi connectivity index (χ3v) is 1.92. The van der Waals surface area contributed by atoms with Gasteiger partial charge < -0.3 is 5.11 Å². The van der Waals surface area contributed by atoms with Gasteiger partial charge in [-0.3, -0.25) is 0 Å². The Balaban J connectivity index is 2.41. The van der Waals surface area contributed by atoms with E-state index in [1.807, 2.05) is 6.92 Å². The van der Waals surface area contributed by atoms with Crippen molar-refractivity contribution in [2.75, 3.05) is 0 Å². The van der Waals surface area contributed by atoms with E-state index in [-0.39, 0.29) is 11.5 Å². The number of aliphatic hydroxyl groups excluding tert-OH is 1. The Hall–Kier alpha value is -0.300. The van der Waals surface area contributed by atoms with E-state index in [9.17, 15) is 5.11 Å². The molecule has 0 spiro atoms. The second-order valence-corrected chi connectivity index (χ2v) is 3.25. The molecule has 0 amide bonds. The summed E-state index contributed by atoms with van der Waals surface area (Å²) in [4.78, 5) is 0. The number of hydrogen-bond donors (Lipinski definition) is 1. The lowest BCUT2D eigenvalue weighted by Gasteiger charge is -2.08. The van der Waals surface area contributed by atoms with Crippen molar-refractivity contribution >= 4 is 0 Å². The summed E-state index contributed by atoms with van der Waals surface area (Å²) in [5.74, 6) is 0. The van der Waals surface area contributed by atoms with Crippen molar-refractivity contribution in [1.29, 1.82) is 0 Å². The summed E-state index contributed by atoms with van der Waals surface area (Å²) in [6.45, 7) is 6.25. The Morgan fingerprint density at radius 1 is 1.67 bits per heavy atom. The van der Waals surface area contributed by atoms with Crippen molar-refractivity contribution in [3.8, 4) is 0 Å². The van der Waals surface area contributed by atoms with Gasteiger partial charge in [0.25, 0.3) is 0 Å². The molecule has 0 aromatic rings. The zero-order chi connectivity index (χ0) is 7.07. The molecular weight excluding hydrogens is 112 g/mol. The van der Waals surface area contributed by atoms with Crippen molar-refractivity contribution in [3.63, 3.8) is 0 Å². The fourth-order valence-electron chi connectivity index (χ4n) is 1.10. The monoisotopic (exact) mass is 126 g/mol. The Bertz CT molecular complexity index is 145. The van der Waals surface area contributed by atoms with Crippen LogP contribution < -0.4 is 0 Å². The van der Waals surface area contributed by atoms with Crippen LogP contribution in [0.3, 0.4) is 0 Å². The standard InChI is InChI=1S/C8H14O/c1-4-7(9)6-5-8(6,2)3/h5,7,9H,4H2,1-3H3. The van der Waals surface area contributed by atoms with Crippen LogP contribution in [0.4, 0.5) is 0 Å². The molecule has 1 nitrogen and oxygen atoms in total. The number of allylic oxidation sites excluding steroid dienone is 1. The van der Waals surface area contributed by atoms with Crippen LogP contribution in [-0.4, -0.2) is 11.2 Å². The first kappa shape index (κ1) is 6.81. The fourth-order valence-corrected chi connectivity index (χ4v) is 1.10. The molecule has 52 valence electrons. The third kappa shape index (κ3) is 1.16. The van der Waals surface area contributed by atoms with E-state index in [0.717, 1.165) is 6.42 Å². The first-order chi connectivity index (χ1) is 4.08. The molecule has 1 heteroatoms. The van der Waals surface area contributed by atoms with Crippen LogP contribution in [0.25, 0.3) is 0 Å². The molecule has 1 N–H and O–H groups in total. The smallest absolute Gasteiger partial charge is 0.0756 e. The topological polar surface area (TPSA) is 20.2 Å². The molecular formula is C8H14O. The molecule has 0 aliphatic heterocycles. The Kier molecular flexibility index (Phi) is 1.39. The normalized spacial score (nSPS) is 25.1. The number of aliphatic hydroxyl groups is 1. The van der Waals surface area contributed by atoms with Crippen LogP contribution in [0.2, 0.25) is 0 Å². The molecule has 0 saturated carbocycles. The minimum absolute atomic E-state index is 0.181. The number of hydrogen-bond acceptors (Lipinski definition) is 1. The maximum atomic E-state index is 9.27. The summed E-state index contributed by atoms with van der Waals surface area (Å²) >= 11 is 0. The molecule has 0 radical (unpaired) electrons. The van der Waals surface area contributed by atoms with E-state index in [1.54, 1.807) is 0 Å². The molecule has 1 aliphatic rings. The summed E-state index contributed by atoms with van der Waals surface area (Å²) in [5.41, 5.74) is 1.44. The second kappa shape index (κ2) is 1.84. The first-order valence-electron chi connectivity index (χ1n) is 3.49. The predicted octanol–water partition coefficient (Wildman–Crippen LogP) is 1.72. The second-order valence-electron chi connectivity index (χ2n) is 3.25. The van der Waals surface area contributed by atoms with Gasteiger partial charge in [0.15, 0.2) is 0 Å². The van der Waals surface area contributed by atoms with Crippen LogP contribution in [0.15, 0.2) is 11.6 Å². The van der Waals surface area contributed by atoms with Crippen molar-refractivity contribution in [3.05, 3.63) is 11.6 Å². The van der Waals surface area contributed by atoms with Gasteiger partial charge in [-0.15, -0.1) is 0 Å². The van der Waals surface area contributed by atoms with Gasteiger partial charge in [-0.05, 0) is 12.0 Å². The van der Waals surface area contributed by atoms with Crippen molar-refractivity contribution in [2.24, 2.45) is 5.41 Å². The van der Waals surface area contributed by atoms with E-state index >= 15 is 0 Å². The van der Waals surface area contributed by atoms with E-state index in [2.05, 4.69) is 19.9 Å². The zero-order valence-corrected chi connectivity index (χ0v) is 6.31. The molecule has 0 aromatic heterocycles. The van der Waals surface area contributed by atoms with Gasteiger partial charge in [0.2, 0.25) is 0 Å². The highest BCUT2D eigenvalue weighted by Crippen LogP contribution is 2.45. The first-order valence-corrected chi connectivity index (χ1v) is 3.49. The van der Waals surface area contributed by atoms with Crippen LogP contribution in [0.5, 0.6) is 0 Å². The van der Waals surface area contributed by atoms with E-state index in [1.165, 1.54) is 5.57 Å². The molecule has 1 atom stereocenters. The van der Waals surface area contributed by atoms with Gasteiger partial charge in [0.05, 0.1) is 6.10 Å². The van der Waals surface area contributed by atoms with Crippen LogP contribution in [-0.2, 0) is 0 Å². The van der Waals surface area contributed by atoms with Gasteiger partial charge in [-0.2, -0.15) is 0 Å². The highest BCUT2D eigenvalue weighted by Gasteiger charge is 2.37. The van der Waals surface area contributed by atoms with Gasteiger partial charge in [-0.1, -0.05) is 26.8 Å². The molecule has 0 saturated heterocycles. The summed E-state index contributed by atoms with van der Waals surface area (Å²) in [5, 5.41) is 9.27. The van der Waals surface area contributed by atoms with E-state index < -0.39 is 0 Å². The zero-order valence-electron chi connectivity index (χ0n) is 6.31. The van der Waals surface area contributed by atoms with Gasteiger partial charge in [0.1, 0.15) is 0 Å². The van der Waals surface area contributed by atoms with Gasteiger partial charge in [0, 0.05) is 5.41 Å². The lowest BCUT2D eigenvalue weighted by molar-refractivity contribution is 0.202. The lowest BCUT2D eigenvalue weighted by Crippen LogP contribution is -2.07. The number of rotatable bonds is 2. The summed E-state index contributed by atoms with van der Waals surface area (Å²) in [7, 11) is 0. The SMILES string of the molecule is CCC(O)C1=CC1(C)C. The predicted molar refractivity (Wildman–Crippen MR) is 38.2 cm³/mol. The van der Waals surface area contributed by atoms with Crippen molar-refractivity contribution in [2.45, 2.75) is 33.3 Å². The highest BCUT2D eigenvalue weighted by molar-refractivity contribution is 5.38. The Morgan fingerprint density at radius 2 is 2.11 bits per heavy atom. The van der Waals surface area contributed by atoms with Gasteiger partial charge >= 0.3 is 0 Å². The fraction of sp³-hybridized carbons (Fsp3) is 0.750. The molecule has 1 unspecified atom stereocenters. The lowest BCUT2D eigenvalue weighted by atomic mass is 10.0. The summed E-state index contributed by atoms with van der Waals surface area (Å²) in [6, 6.07) is 0. The quantitative estimate of drug-likeness (QED) is 0.558.